The summed E-state index contributed by atoms with van der Waals surface area (Å²) in [7, 11) is 0. The molecule has 0 bridgehead atoms. The van der Waals surface area contributed by atoms with E-state index in [-0.39, 0.29) is 11.8 Å². The Morgan fingerprint density at radius 1 is 1.22 bits per heavy atom. The van der Waals surface area contributed by atoms with Crippen LogP contribution in [0, 0.1) is 17.8 Å². The Hall–Kier alpha value is -0.610. The normalized spacial score (nSPS) is 13.1. The third kappa shape index (κ3) is 9.42. The number of hydrogen-bond donors (Lipinski definition) is 2. The Labute approximate surface area is 112 Å². The van der Waals surface area contributed by atoms with E-state index in [2.05, 4.69) is 33.0 Å². The van der Waals surface area contributed by atoms with Gasteiger partial charge in [-0.25, -0.2) is 0 Å². The first-order valence-corrected chi connectivity index (χ1v) is 7.02. The first-order chi connectivity index (χ1) is 8.47. The second-order valence-electron chi connectivity index (χ2n) is 5.68. The van der Waals surface area contributed by atoms with Crippen molar-refractivity contribution >= 4 is 5.91 Å². The lowest BCUT2D eigenvalue weighted by Crippen LogP contribution is -2.36. The molecule has 0 rings (SSSR count). The van der Waals surface area contributed by atoms with E-state index >= 15 is 0 Å². The van der Waals surface area contributed by atoms with Crippen LogP contribution in [0.3, 0.4) is 0 Å². The summed E-state index contributed by atoms with van der Waals surface area (Å²) in [5.74, 6) is 1.09. The van der Waals surface area contributed by atoms with Gasteiger partial charge in [-0.2, -0.15) is 0 Å². The molecule has 0 aliphatic rings. The quantitative estimate of drug-likeness (QED) is 0.587. The van der Waals surface area contributed by atoms with Crippen LogP contribution in [0.1, 0.15) is 40.5 Å². The standard InChI is InChI=1S/C14H30N2O2/c1-11(2)8-13(9-15)14(17)16-6-5-7-18-10-12(3)4/h11-13H,5-10,15H2,1-4H3,(H,16,17). The summed E-state index contributed by atoms with van der Waals surface area (Å²) >= 11 is 0. The number of hydrogen-bond acceptors (Lipinski definition) is 3. The van der Waals surface area contributed by atoms with Gasteiger partial charge >= 0.3 is 0 Å². The van der Waals surface area contributed by atoms with Crippen LogP contribution in [0.25, 0.3) is 0 Å². The van der Waals surface area contributed by atoms with Crippen LogP contribution in [0.15, 0.2) is 0 Å². The van der Waals surface area contributed by atoms with Crippen LogP contribution in [-0.4, -0.2) is 32.2 Å². The van der Waals surface area contributed by atoms with Gasteiger partial charge in [0.2, 0.25) is 5.91 Å². The van der Waals surface area contributed by atoms with Crippen molar-refractivity contribution in [2.75, 3.05) is 26.3 Å². The molecule has 0 aromatic carbocycles. The van der Waals surface area contributed by atoms with Crippen LogP contribution in [0.5, 0.6) is 0 Å². The molecule has 0 aliphatic carbocycles. The fourth-order valence-electron chi connectivity index (χ4n) is 1.73. The van der Waals surface area contributed by atoms with Gasteiger partial charge < -0.3 is 15.8 Å². The van der Waals surface area contributed by atoms with Gasteiger partial charge in [-0.3, -0.25) is 4.79 Å². The van der Waals surface area contributed by atoms with Crippen molar-refractivity contribution < 1.29 is 9.53 Å². The molecule has 0 fully saturated rings. The largest absolute Gasteiger partial charge is 0.381 e. The molecule has 0 heterocycles. The van der Waals surface area contributed by atoms with Crippen LogP contribution in [-0.2, 0) is 9.53 Å². The zero-order valence-corrected chi connectivity index (χ0v) is 12.4. The zero-order chi connectivity index (χ0) is 14.0. The second-order valence-corrected chi connectivity index (χ2v) is 5.68. The summed E-state index contributed by atoms with van der Waals surface area (Å²) in [5.41, 5.74) is 5.62. The summed E-state index contributed by atoms with van der Waals surface area (Å²) in [6.45, 7) is 11.0. The lowest BCUT2D eigenvalue weighted by molar-refractivity contribution is -0.125. The van der Waals surface area contributed by atoms with E-state index in [1.54, 1.807) is 0 Å². The lowest BCUT2D eigenvalue weighted by atomic mass is 9.96. The van der Waals surface area contributed by atoms with Gasteiger partial charge in [0.15, 0.2) is 0 Å². The van der Waals surface area contributed by atoms with E-state index in [0.717, 1.165) is 19.4 Å². The number of ether oxygens (including phenoxy) is 1. The summed E-state index contributed by atoms with van der Waals surface area (Å²) in [4.78, 5) is 11.8. The lowest BCUT2D eigenvalue weighted by Gasteiger charge is -2.16. The monoisotopic (exact) mass is 258 g/mol. The number of carbonyl (C=O) groups is 1. The molecule has 0 aromatic heterocycles. The number of rotatable bonds is 10. The first kappa shape index (κ1) is 17.4. The van der Waals surface area contributed by atoms with Gasteiger partial charge in [-0.15, -0.1) is 0 Å². The van der Waals surface area contributed by atoms with E-state index in [1.165, 1.54) is 0 Å². The molecule has 1 atom stereocenters. The predicted octanol–water partition coefficient (Wildman–Crippen LogP) is 1.79. The molecule has 0 aliphatic heterocycles. The van der Waals surface area contributed by atoms with Crippen molar-refractivity contribution in [1.82, 2.24) is 5.32 Å². The average Bonchev–Trinajstić information content (AvgIpc) is 2.29. The van der Waals surface area contributed by atoms with Crippen molar-refractivity contribution in [2.45, 2.75) is 40.5 Å². The van der Waals surface area contributed by atoms with Gasteiger partial charge in [0.05, 0.1) is 5.92 Å². The number of carbonyl (C=O) groups excluding carboxylic acids is 1. The van der Waals surface area contributed by atoms with Crippen molar-refractivity contribution in [3.05, 3.63) is 0 Å². The Kier molecular flexibility index (Phi) is 9.98. The van der Waals surface area contributed by atoms with Crippen molar-refractivity contribution in [1.29, 1.82) is 0 Å². The minimum Gasteiger partial charge on any atom is -0.381 e. The van der Waals surface area contributed by atoms with E-state index in [4.69, 9.17) is 10.5 Å². The van der Waals surface area contributed by atoms with Gasteiger partial charge in [-0.1, -0.05) is 27.7 Å². The highest BCUT2D eigenvalue weighted by Crippen LogP contribution is 2.10. The number of nitrogens with two attached hydrogens (primary N) is 1. The predicted molar refractivity (Wildman–Crippen MR) is 75.3 cm³/mol. The van der Waals surface area contributed by atoms with E-state index in [1.807, 2.05) is 0 Å². The first-order valence-electron chi connectivity index (χ1n) is 7.02. The highest BCUT2D eigenvalue weighted by Gasteiger charge is 2.17. The van der Waals surface area contributed by atoms with Gasteiger partial charge in [-0.05, 0) is 24.7 Å². The molecular weight excluding hydrogens is 228 g/mol. The van der Waals surface area contributed by atoms with E-state index in [0.29, 0.717) is 31.5 Å². The van der Waals surface area contributed by atoms with Crippen molar-refractivity contribution in [3.63, 3.8) is 0 Å². The molecule has 1 unspecified atom stereocenters. The Morgan fingerprint density at radius 3 is 2.39 bits per heavy atom. The third-order valence-corrected chi connectivity index (χ3v) is 2.63. The topological polar surface area (TPSA) is 64.3 Å². The molecule has 3 N–H and O–H groups in total. The molecule has 4 heteroatoms. The molecule has 108 valence electrons. The number of nitrogens with one attached hydrogen (secondary N) is 1. The minimum absolute atomic E-state index is 0.0541. The molecule has 0 saturated heterocycles. The summed E-state index contributed by atoms with van der Waals surface area (Å²) in [5, 5.41) is 2.93. The molecule has 0 saturated carbocycles. The molecule has 4 nitrogen and oxygen atoms in total. The van der Waals surface area contributed by atoms with Crippen molar-refractivity contribution in [3.8, 4) is 0 Å². The summed E-state index contributed by atoms with van der Waals surface area (Å²) in [6.07, 6.45) is 1.71. The minimum atomic E-state index is -0.0541. The highest BCUT2D eigenvalue weighted by atomic mass is 16.5. The van der Waals surface area contributed by atoms with Gasteiger partial charge in [0.1, 0.15) is 0 Å². The maximum atomic E-state index is 11.8. The number of amides is 1. The Morgan fingerprint density at radius 2 is 1.89 bits per heavy atom. The summed E-state index contributed by atoms with van der Waals surface area (Å²) in [6, 6.07) is 0. The molecule has 18 heavy (non-hydrogen) atoms. The van der Waals surface area contributed by atoms with Gasteiger partial charge in [0.25, 0.3) is 0 Å². The maximum Gasteiger partial charge on any atom is 0.224 e. The smallest absolute Gasteiger partial charge is 0.224 e. The van der Waals surface area contributed by atoms with E-state index in [9.17, 15) is 4.79 Å². The summed E-state index contributed by atoms with van der Waals surface area (Å²) < 4.78 is 5.45. The Bertz CT molecular complexity index is 218. The maximum absolute atomic E-state index is 11.8. The van der Waals surface area contributed by atoms with Crippen LogP contribution in [0.2, 0.25) is 0 Å². The third-order valence-electron chi connectivity index (χ3n) is 2.63. The van der Waals surface area contributed by atoms with Crippen LogP contribution < -0.4 is 11.1 Å². The zero-order valence-electron chi connectivity index (χ0n) is 12.4. The van der Waals surface area contributed by atoms with E-state index < -0.39 is 0 Å². The molecule has 0 aromatic rings. The SMILES string of the molecule is CC(C)COCCCNC(=O)C(CN)CC(C)C. The van der Waals surface area contributed by atoms with Crippen LogP contribution in [0.4, 0.5) is 0 Å². The molecular formula is C14H30N2O2. The van der Waals surface area contributed by atoms with Crippen LogP contribution >= 0.6 is 0 Å². The Balaban J connectivity index is 3.62. The average molecular weight is 258 g/mol. The van der Waals surface area contributed by atoms with Crippen molar-refractivity contribution in [2.24, 2.45) is 23.5 Å². The molecule has 0 radical (unpaired) electrons. The van der Waals surface area contributed by atoms with Gasteiger partial charge in [0, 0.05) is 26.3 Å². The highest BCUT2D eigenvalue weighted by molar-refractivity contribution is 5.78. The fourth-order valence-corrected chi connectivity index (χ4v) is 1.73. The second kappa shape index (κ2) is 10.3. The molecule has 0 spiro atoms. The fraction of sp³-hybridized carbons (Fsp3) is 0.929. The molecule has 1 amide bonds.